The normalized spacial score (nSPS) is 10.6. The number of nitrogens with zero attached hydrogens (tertiary/aromatic N) is 2. The Morgan fingerprint density at radius 2 is 1.71 bits per heavy atom. The molecule has 0 unspecified atom stereocenters. The van der Waals surface area contributed by atoms with Crippen LogP contribution in [0.4, 0.5) is 5.69 Å². The Morgan fingerprint density at radius 1 is 1.04 bits per heavy atom. The van der Waals surface area contributed by atoms with Crippen molar-refractivity contribution in [2.75, 3.05) is 5.73 Å². The van der Waals surface area contributed by atoms with Gasteiger partial charge in [-0.05, 0) is 17.7 Å². The molecule has 0 amide bonds. The quantitative estimate of drug-likeness (QED) is 0.713. The van der Waals surface area contributed by atoms with Crippen LogP contribution < -0.4 is 16.0 Å². The summed E-state index contributed by atoms with van der Waals surface area (Å²) in [6, 6.07) is 15.4. The summed E-state index contributed by atoms with van der Waals surface area (Å²) in [5.74, 6) is 0.448. The van der Waals surface area contributed by atoms with Crippen LogP contribution in [0.5, 0.6) is 11.6 Å². The van der Waals surface area contributed by atoms with E-state index in [1.54, 1.807) is 0 Å². The lowest BCUT2D eigenvalue weighted by Gasteiger charge is -2.11. The van der Waals surface area contributed by atoms with Gasteiger partial charge in [0.2, 0.25) is 5.88 Å². The maximum absolute atomic E-state index is 12.0. The highest BCUT2D eigenvalue weighted by Crippen LogP contribution is 2.37. The van der Waals surface area contributed by atoms with E-state index in [0.29, 0.717) is 12.2 Å². The first-order valence-electron chi connectivity index (χ1n) is 7.07. The standard InChI is InChI=1S/C17H13Cl2N3O2/c18-13-8-12(20)9-14(19)17(13)24-15-6-7-16(23)22(21-15)10-11-4-2-1-3-5-11/h1-9H,10,20H2. The molecule has 122 valence electrons. The van der Waals surface area contributed by atoms with Crippen LogP contribution in [0.2, 0.25) is 10.0 Å². The number of aromatic nitrogens is 2. The maximum atomic E-state index is 12.0. The number of rotatable bonds is 4. The molecule has 1 aromatic heterocycles. The molecule has 2 N–H and O–H groups in total. The van der Waals surface area contributed by atoms with E-state index in [-0.39, 0.29) is 27.2 Å². The first kappa shape index (κ1) is 16.4. The molecule has 0 bridgehead atoms. The van der Waals surface area contributed by atoms with Crippen molar-refractivity contribution in [2.45, 2.75) is 6.54 Å². The molecule has 2 aromatic carbocycles. The van der Waals surface area contributed by atoms with Gasteiger partial charge in [-0.3, -0.25) is 4.79 Å². The molecular weight excluding hydrogens is 349 g/mol. The lowest BCUT2D eigenvalue weighted by Crippen LogP contribution is -2.22. The van der Waals surface area contributed by atoms with Crippen molar-refractivity contribution in [3.05, 3.63) is 80.6 Å². The van der Waals surface area contributed by atoms with E-state index >= 15 is 0 Å². The zero-order chi connectivity index (χ0) is 17.1. The largest absolute Gasteiger partial charge is 0.434 e. The Morgan fingerprint density at radius 3 is 2.38 bits per heavy atom. The van der Waals surface area contributed by atoms with Crippen LogP contribution >= 0.6 is 23.2 Å². The highest BCUT2D eigenvalue weighted by atomic mass is 35.5. The van der Waals surface area contributed by atoms with Gasteiger partial charge >= 0.3 is 0 Å². The van der Waals surface area contributed by atoms with E-state index in [1.807, 2.05) is 30.3 Å². The van der Waals surface area contributed by atoms with E-state index in [2.05, 4.69) is 5.10 Å². The number of nitrogen functional groups attached to an aromatic ring is 1. The smallest absolute Gasteiger partial charge is 0.267 e. The van der Waals surface area contributed by atoms with Crippen molar-refractivity contribution in [1.82, 2.24) is 9.78 Å². The van der Waals surface area contributed by atoms with Gasteiger partial charge in [-0.15, -0.1) is 5.10 Å². The first-order chi connectivity index (χ1) is 11.5. The van der Waals surface area contributed by atoms with Gasteiger partial charge in [-0.1, -0.05) is 53.5 Å². The Hall–Kier alpha value is -2.50. The minimum Gasteiger partial charge on any atom is -0.434 e. The zero-order valence-corrected chi connectivity index (χ0v) is 14.0. The number of hydrogen-bond acceptors (Lipinski definition) is 4. The summed E-state index contributed by atoms with van der Waals surface area (Å²) in [5.41, 5.74) is 6.81. The molecule has 0 radical (unpaired) electrons. The SMILES string of the molecule is Nc1cc(Cl)c(Oc2ccc(=O)n(Cc3ccccc3)n2)c(Cl)c1. The number of halogens is 2. The molecule has 0 spiro atoms. The third-order valence-electron chi connectivity index (χ3n) is 3.24. The molecule has 3 rings (SSSR count). The second-order valence-electron chi connectivity index (χ2n) is 5.07. The number of hydrogen-bond donors (Lipinski definition) is 1. The van der Waals surface area contributed by atoms with Gasteiger partial charge in [0.05, 0.1) is 16.6 Å². The van der Waals surface area contributed by atoms with Gasteiger partial charge in [-0.2, -0.15) is 0 Å². The van der Waals surface area contributed by atoms with E-state index in [9.17, 15) is 4.79 Å². The fourth-order valence-corrected chi connectivity index (χ4v) is 2.72. The molecule has 0 fully saturated rings. The number of ether oxygens (including phenoxy) is 1. The topological polar surface area (TPSA) is 70.1 Å². The van der Waals surface area contributed by atoms with Gasteiger partial charge in [-0.25, -0.2) is 4.68 Å². The van der Waals surface area contributed by atoms with Crippen molar-refractivity contribution >= 4 is 28.9 Å². The molecule has 0 aliphatic carbocycles. The van der Waals surface area contributed by atoms with Gasteiger partial charge in [0.15, 0.2) is 5.75 Å². The van der Waals surface area contributed by atoms with Crippen LogP contribution in [0, 0.1) is 0 Å². The van der Waals surface area contributed by atoms with Gasteiger partial charge < -0.3 is 10.5 Å². The predicted molar refractivity (Wildman–Crippen MR) is 95.0 cm³/mol. The average molecular weight is 362 g/mol. The molecule has 0 saturated heterocycles. The van der Waals surface area contributed by atoms with E-state index in [4.69, 9.17) is 33.7 Å². The summed E-state index contributed by atoms with van der Waals surface area (Å²) in [4.78, 5) is 12.0. The number of nitrogens with two attached hydrogens (primary N) is 1. The summed E-state index contributed by atoms with van der Waals surface area (Å²) in [7, 11) is 0. The Bertz CT molecular complexity index is 904. The van der Waals surface area contributed by atoms with Crippen molar-refractivity contribution in [1.29, 1.82) is 0 Å². The highest BCUT2D eigenvalue weighted by molar-refractivity contribution is 6.37. The molecule has 7 heteroatoms. The lowest BCUT2D eigenvalue weighted by atomic mass is 10.2. The monoisotopic (exact) mass is 361 g/mol. The van der Waals surface area contributed by atoms with Crippen LogP contribution in [0.3, 0.4) is 0 Å². The molecule has 0 aliphatic rings. The van der Waals surface area contributed by atoms with E-state index < -0.39 is 0 Å². The van der Waals surface area contributed by atoms with Crippen molar-refractivity contribution in [2.24, 2.45) is 0 Å². The molecule has 0 aliphatic heterocycles. The molecule has 1 heterocycles. The molecule has 3 aromatic rings. The zero-order valence-electron chi connectivity index (χ0n) is 12.4. The summed E-state index contributed by atoms with van der Waals surface area (Å²) in [6.07, 6.45) is 0. The second kappa shape index (κ2) is 6.95. The van der Waals surface area contributed by atoms with Crippen LogP contribution in [-0.2, 0) is 6.54 Å². The summed E-state index contributed by atoms with van der Waals surface area (Å²) in [6.45, 7) is 0.333. The third kappa shape index (κ3) is 3.69. The minimum absolute atomic E-state index is 0.208. The lowest BCUT2D eigenvalue weighted by molar-refractivity contribution is 0.435. The van der Waals surface area contributed by atoms with Gasteiger partial charge in [0, 0.05) is 17.8 Å². The Balaban J connectivity index is 1.91. The molecule has 0 saturated carbocycles. The fraction of sp³-hybridized carbons (Fsp3) is 0.0588. The summed E-state index contributed by atoms with van der Waals surface area (Å²) in [5, 5.41) is 4.73. The highest BCUT2D eigenvalue weighted by Gasteiger charge is 2.12. The maximum Gasteiger partial charge on any atom is 0.267 e. The number of anilines is 1. The Kier molecular flexibility index (Phi) is 4.74. The fourth-order valence-electron chi connectivity index (χ4n) is 2.14. The molecule has 24 heavy (non-hydrogen) atoms. The molecule has 5 nitrogen and oxygen atoms in total. The van der Waals surface area contributed by atoms with Gasteiger partial charge in [0.1, 0.15) is 0 Å². The average Bonchev–Trinajstić information content (AvgIpc) is 2.55. The van der Waals surface area contributed by atoms with Crippen LogP contribution in [0.15, 0.2) is 59.4 Å². The van der Waals surface area contributed by atoms with Crippen molar-refractivity contribution in [3.63, 3.8) is 0 Å². The summed E-state index contributed by atoms with van der Waals surface area (Å²) >= 11 is 12.2. The van der Waals surface area contributed by atoms with E-state index in [1.165, 1.54) is 28.9 Å². The summed E-state index contributed by atoms with van der Waals surface area (Å²) < 4.78 is 6.95. The van der Waals surface area contributed by atoms with Crippen LogP contribution in [-0.4, -0.2) is 9.78 Å². The van der Waals surface area contributed by atoms with Crippen molar-refractivity contribution in [3.8, 4) is 11.6 Å². The minimum atomic E-state index is -0.235. The van der Waals surface area contributed by atoms with Crippen molar-refractivity contribution < 1.29 is 4.74 Å². The van der Waals surface area contributed by atoms with Gasteiger partial charge in [0.25, 0.3) is 5.56 Å². The molecular formula is C17H13Cl2N3O2. The third-order valence-corrected chi connectivity index (χ3v) is 3.81. The van der Waals surface area contributed by atoms with Crippen LogP contribution in [0.1, 0.15) is 5.56 Å². The second-order valence-corrected chi connectivity index (χ2v) is 5.88. The predicted octanol–water partition coefficient (Wildman–Crippen LogP) is 3.97. The van der Waals surface area contributed by atoms with Crippen LogP contribution in [0.25, 0.3) is 0 Å². The molecule has 0 atom stereocenters. The van der Waals surface area contributed by atoms with E-state index in [0.717, 1.165) is 5.56 Å². The first-order valence-corrected chi connectivity index (χ1v) is 7.83. The number of benzene rings is 2. The Labute approximate surface area is 148 Å².